The van der Waals surface area contributed by atoms with Crippen molar-refractivity contribution in [3.05, 3.63) is 42.5 Å². The second-order valence-electron chi connectivity index (χ2n) is 7.83. The molecule has 4 rings (SSSR count). The van der Waals surface area contributed by atoms with Gasteiger partial charge in [0.2, 0.25) is 15.9 Å². The minimum absolute atomic E-state index is 0.0450. The van der Waals surface area contributed by atoms with Gasteiger partial charge in [-0.3, -0.25) is 9.59 Å². The lowest BCUT2D eigenvalue weighted by Crippen LogP contribution is -2.43. The van der Waals surface area contributed by atoms with E-state index in [0.29, 0.717) is 42.3 Å². The monoisotopic (exact) mass is 459 g/mol. The molecule has 2 atom stereocenters. The third kappa shape index (κ3) is 4.42. The number of sulfonamides is 1. The fourth-order valence-electron chi connectivity index (χ4n) is 3.82. The summed E-state index contributed by atoms with van der Waals surface area (Å²) >= 11 is 0. The zero-order valence-corrected chi connectivity index (χ0v) is 18.6. The van der Waals surface area contributed by atoms with Crippen LogP contribution in [0.15, 0.2) is 47.4 Å². The molecule has 2 aromatic rings. The van der Waals surface area contributed by atoms with E-state index in [1.165, 1.54) is 22.5 Å². The van der Waals surface area contributed by atoms with Crippen molar-refractivity contribution in [1.82, 2.24) is 4.31 Å². The van der Waals surface area contributed by atoms with Crippen LogP contribution in [0.25, 0.3) is 0 Å². The fraction of sp³-hybridized carbons (Fsp3) is 0.364. The van der Waals surface area contributed by atoms with Crippen molar-refractivity contribution in [3.8, 4) is 11.5 Å². The van der Waals surface area contributed by atoms with Gasteiger partial charge in [-0.15, -0.1) is 0 Å². The molecule has 10 heteroatoms. The van der Waals surface area contributed by atoms with Gasteiger partial charge in [0.1, 0.15) is 11.5 Å². The molecule has 2 aliphatic heterocycles. The Labute approximate surface area is 186 Å². The number of anilines is 2. The maximum absolute atomic E-state index is 13.3. The number of nitrogens with one attached hydrogen (secondary N) is 2. The summed E-state index contributed by atoms with van der Waals surface area (Å²) in [4.78, 5) is 24.7. The van der Waals surface area contributed by atoms with Crippen molar-refractivity contribution in [2.45, 2.75) is 30.8 Å². The number of piperidine rings is 1. The molecule has 0 saturated carbocycles. The zero-order chi connectivity index (χ0) is 22.9. The lowest BCUT2D eigenvalue weighted by molar-refractivity contribution is -0.123. The normalized spacial score (nSPS) is 21.1. The van der Waals surface area contributed by atoms with Crippen molar-refractivity contribution in [2.75, 3.05) is 30.8 Å². The minimum atomic E-state index is -3.85. The van der Waals surface area contributed by atoms with E-state index >= 15 is 0 Å². The van der Waals surface area contributed by atoms with E-state index in [1.807, 2.05) is 0 Å². The lowest BCUT2D eigenvalue weighted by atomic mass is 9.98. The van der Waals surface area contributed by atoms with E-state index < -0.39 is 22.0 Å². The van der Waals surface area contributed by atoms with Gasteiger partial charge in [-0.05, 0) is 50.1 Å². The fourth-order valence-corrected chi connectivity index (χ4v) is 5.37. The van der Waals surface area contributed by atoms with Gasteiger partial charge in [0.15, 0.2) is 6.10 Å². The molecule has 0 bridgehead atoms. The summed E-state index contributed by atoms with van der Waals surface area (Å²) in [6.07, 6.45) is 0.516. The number of hydrogen-bond acceptors (Lipinski definition) is 6. The SMILES string of the molecule is COc1cccc(NC(=O)[C@@H]2CCCN(S(=O)(=O)c3ccc4c(c3)NC(=O)[C@@H](C)O4)C2)c1. The quantitative estimate of drug-likeness (QED) is 0.710. The molecule has 9 nitrogen and oxygen atoms in total. The predicted octanol–water partition coefficient (Wildman–Crippen LogP) is 2.45. The molecule has 170 valence electrons. The number of ether oxygens (including phenoxy) is 2. The average molecular weight is 460 g/mol. The van der Waals surface area contributed by atoms with Crippen molar-refractivity contribution in [2.24, 2.45) is 5.92 Å². The smallest absolute Gasteiger partial charge is 0.265 e. The lowest BCUT2D eigenvalue weighted by Gasteiger charge is -2.31. The first-order valence-electron chi connectivity index (χ1n) is 10.3. The highest BCUT2D eigenvalue weighted by atomic mass is 32.2. The van der Waals surface area contributed by atoms with E-state index in [0.717, 1.165) is 0 Å². The van der Waals surface area contributed by atoms with Crippen LogP contribution in [0.3, 0.4) is 0 Å². The maximum atomic E-state index is 13.3. The Hall–Kier alpha value is -3.11. The number of hydrogen-bond donors (Lipinski definition) is 2. The van der Waals surface area contributed by atoms with Gasteiger partial charge in [0, 0.05) is 24.8 Å². The number of benzene rings is 2. The highest BCUT2D eigenvalue weighted by Crippen LogP contribution is 2.33. The Kier molecular flexibility index (Phi) is 6.07. The largest absolute Gasteiger partial charge is 0.497 e. The van der Waals surface area contributed by atoms with Crippen LogP contribution in [0.4, 0.5) is 11.4 Å². The molecule has 0 radical (unpaired) electrons. The Morgan fingerprint density at radius 3 is 2.84 bits per heavy atom. The molecule has 32 heavy (non-hydrogen) atoms. The molecule has 0 aromatic heterocycles. The van der Waals surface area contributed by atoms with E-state index in [9.17, 15) is 18.0 Å². The van der Waals surface area contributed by atoms with Gasteiger partial charge in [-0.1, -0.05) is 6.07 Å². The second kappa shape index (κ2) is 8.79. The predicted molar refractivity (Wildman–Crippen MR) is 118 cm³/mol. The van der Waals surface area contributed by atoms with E-state index in [-0.39, 0.29) is 23.3 Å². The van der Waals surface area contributed by atoms with E-state index in [1.54, 1.807) is 38.3 Å². The van der Waals surface area contributed by atoms with Crippen LogP contribution in [0.1, 0.15) is 19.8 Å². The first-order valence-corrected chi connectivity index (χ1v) is 11.8. The van der Waals surface area contributed by atoms with Crippen LogP contribution in [0, 0.1) is 5.92 Å². The Morgan fingerprint density at radius 1 is 1.25 bits per heavy atom. The highest BCUT2D eigenvalue weighted by Gasteiger charge is 2.34. The van der Waals surface area contributed by atoms with Crippen LogP contribution < -0.4 is 20.1 Å². The summed E-state index contributed by atoms with van der Waals surface area (Å²) in [5.41, 5.74) is 0.910. The number of nitrogens with zero attached hydrogens (tertiary/aromatic N) is 1. The van der Waals surface area contributed by atoms with Gasteiger partial charge >= 0.3 is 0 Å². The zero-order valence-electron chi connectivity index (χ0n) is 17.8. The highest BCUT2D eigenvalue weighted by molar-refractivity contribution is 7.89. The van der Waals surface area contributed by atoms with Crippen LogP contribution in [0.5, 0.6) is 11.5 Å². The Balaban J connectivity index is 1.49. The first-order chi connectivity index (χ1) is 15.3. The number of methoxy groups -OCH3 is 1. The van der Waals surface area contributed by atoms with Gasteiger partial charge in [-0.2, -0.15) is 4.31 Å². The van der Waals surface area contributed by atoms with Crippen LogP contribution in [-0.2, 0) is 19.6 Å². The minimum Gasteiger partial charge on any atom is -0.497 e. The summed E-state index contributed by atoms with van der Waals surface area (Å²) in [6.45, 7) is 2.02. The van der Waals surface area contributed by atoms with E-state index in [4.69, 9.17) is 9.47 Å². The molecule has 2 N–H and O–H groups in total. The molecule has 0 spiro atoms. The molecular formula is C22H25N3O6S. The van der Waals surface area contributed by atoms with Crippen molar-refractivity contribution < 1.29 is 27.5 Å². The maximum Gasteiger partial charge on any atom is 0.265 e. The number of carbonyl (C=O) groups excluding carboxylic acids is 2. The average Bonchev–Trinajstić information content (AvgIpc) is 2.79. The van der Waals surface area contributed by atoms with Crippen molar-refractivity contribution in [3.63, 3.8) is 0 Å². The Bertz CT molecular complexity index is 1150. The van der Waals surface area contributed by atoms with Gasteiger partial charge in [-0.25, -0.2) is 8.42 Å². The molecule has 2 aliphatic rings. The second-order valence-corrected chi connectivity index (χ2v) is 9.77. The summed E-state index contributed by atoms with van der Waals surface area (Å²) in [6, 6.07) is 11.4. The molecule has 1 fully saturated rings. The molecule has 0 aliphatic carbocycles. The molecule has 1 saturated heterocycles. The summed E-state index contributed by atoms with van der Waals surface area (Å²) in [5, 5.41) is 5.51. The molecule has 2 heterocycles. The Morgan fingerprint density at radius 2 is 2.06 bits per heavy atom. The number of fused-ring (bicyclic) bond motifs is 1. The standard InChI is InChI=1S/C22H25N3O6S/c1-14-21(26)24-19-12-18(8-9-20(19)31-14)32(28,29)25-10-4-5-15(13-25)22(27)23-16-6-3-7-17(11-16)30-2/h3,6-9,11-12,14-15H,4-5,10,13H2,1-2H3,(H,23,27)(H,24,26)/t14-,15-/m1/s1. The number of amides is 2. The third-order valence-corrected chi connectivity index (χ3v) is 7.47. The van der Waals surface area contributed by atoms with Crippen LogP contribution in [-0.4, -0.2) is 50.8 Å². The van der Waals surface area contributed by atoms with Gasteiger partial charge < -0.3 is 20.1 Å². The molecule has 2 amide bonds. The number of carbonyl (C=O) groups is 2. The summed E-state index contributed by atoms with van der Waals surface area (Å²) in [7, 11) is -2.30. The van der Waals surface area contributed by atoms with E-state index in [2.05, 4.69) is 10.6 Å². The van der Waals surface area contributed by atoms with Gasteiger partial charge in [0.25, 0.3) is 5.91 Å². The third-order valence-electron chi connectivity index (χ3n) is 5.61. The van der Waals surface area contributed by atoms with Gasteiger partial charge in [0.05, 0.1) is 23.6 Å². The molecule has 0 unspecified atom stereocenters. The van der Waals surface area contributed by atoms with Crippen molar-refractivity contribution in [1.29, 1.82) is 0 Å². The molecular weight excluding hydrogens is 434 g/mol. The topological polar surface area (TPSA) is 114 Å². The van der Waals surface area contributed by atoms with Crippen molar-refractivity contribution >= 4 is 33.2 Å². The first kappa shape index (κ1) is 22.1. The van der Waals surface area contributed by atoms with Crippen LogP contribution >= 0.6 is 0 Å². The molecule has 2 aromatic carbocycles. The number of rotatable bonds is 5. The summed E-state index contributed by atoms with van der Waals surface area (Å²) < 4.78 is 38.5. The van der Waals surface area contributed by atoms with Crippen LogP contribution in [0.2, 0.25) is 0 Å². The summed E-state index contributed by atoms with van der Waals surface area (Å²) in [5.74, 6) is -0.0115.